The summed E-state index contributed by atoms with van der Waals surface area (Å²) < 4.78 is 0. The maximum atomic E-state index is 10.2. The number of hydrogen-bond donors (Lipinski definition) is 1. The maximum absolute atomic E-state index is 10.2. The molecule has 0 saturated heterocycles. The average molecular weight is 295 g/mol. The van der Waals surface area contributed by atoms with Crippen molar-refractivity contribution in [3.05, 3.63) is 69.2 Å². The summed E-state index contributed by atoms with van der Waals surface area (Å²) in [5, 5.41) is 11.4. The van der Waals surface area contributed by atoms with E-state index in [2.05, 4.69) is 6.07 Å². The minimum Gasteiger partial charge on any atom is -0.392 e. The van der Waals surface area contributed by atoms with Gasteiger partial charge in [0.2, 0.25) is 0 Å². The highest BCUT2D eigenvalue weighted by molar-refractivity contribution is 6.35. The number of hydrogen-bond acceptors (Lipinski definition) is 1. The summed E-state index contributed by atoms with van der Waals surface area (Å²) in [6.45, 7) is 2.04. The summed E-state index contributed by atoms with van der Waals surface area (Å²) in [6.07, 6.45) is 0.578. The minimum absolute atomic E-state index is 0.465. The highest BCUT2D eigenvalue weighted by Crippen LogP contribution is 2.26. The molecule has 0 aliphatic carbocycles. The lowest BCUT2D eigenvalue weighted by atomic mass is 10.0. The topological polar surface area (TPSA) is 20.2 Å². The van der Waals surface area contributed by atoms with Crippen LogP contribution in [0, 0.1) is 6.92 Å². The molecule has 2 aromatic carbocycles. The van der Waals surface area contributed by atoms with Crippen molar-refractivity contribution in [2.45, 2.75) is 25.9 Å². The van der Waals surface area contributed by atoms with Crippen LogP contribution < -0.4 is 0 Å². The molecule has 2 rings (SSSR count). The Balaban J connectivity index is 2.07. The molecular formula is C16H16Cl2O. The van der Waals surface area contributed by atoms with Gasteiger partial charge in [-0.2, -0.15) is 0 Å². The third kappa shape index (κ3) is 3.97. The van der Waals surface area contributed by atoms with E-state index in [0.29, 0.717) is 22.9 Å². The minimum atomic E-state index is -0.487. The van der Waals surface area contributed by atoms with Crippen LogP contribution in [0.5, 0.6) is 0 Å². The van der Waals surface area contributed by atoms with Gasteiger partial charge < -0.3 is 5.11 Å². The highest BCUT2D eigenvalue weighted by Gasteiger charge is 2.12. The standard InChI is InChI=1S/C16H16Cl2O/c1-11-4-2-5-12(8-11)9-13(19)10-14-15(17)6-3-7-16(14)18/h2-8,13,19H,9-10H2,1H3. The van der Waals surface area contributed by atoms with Crippen LogP contribution in [0.25, 0.3) is 0 Å². The zero-order valence-corrected chi connectivity index (χ0v) is 12.2. The van der Waals surface area contributed by atoms with Crippen molar-refractivity contribution < 1.29 is 5.11 Å². The number of aryl methyl sites for hydroxylation is 1. The van der Waals surface area contributed by atoms with Crippen LogP contribution in [-0.2, 0) is 12.8 Å². The summed E-state index contributed by atoms with van der Waals surface area (Å²) in [5.41, 5.74) is 3.13. The van der Waals surface area contributed by atoms with Gasteiger partial charge in [0.05, 0.1) is 6.10 Å². The fourth-order valence-corrected chi connectivity index (χ4v) is 2.70. The second-order valence-electron chi connectivity index (χ2n) is 4.75. The quantitative estimate of drug-likeness (QED) is 0.883. The van der Waals surface area contributed by atoms with Gasteiger partial charge in [0.25, 0.3) is 0 Å². The number of benzene rings is 2. The van der Waals surface area contributed by atoms with Gasteiger partial charge >= 0.3 is 0 Å². The number of rotatable bonds is 4. The lowest BCUT2D eigenvalue weighted by molar-refractivity contribution is 0.175. The molecule has 1 nitrogen and oxygen atoms in total. The van der Waals surface area contributed by atoms with Crippen molar-refractivity contribution in [1.29, 1.82) is 0 Å². The van der Waals surface area contributed by atoms with Gasteiger partial charge in [-0.25, -0.2) is 0 Å². The summed E-state index contributed by atoms with van der Waals surface area (Å²) in [6, 6.07) is 13.5. The lowest BCUT2D eigenvalue weighted by Gasteiger charge is -2.13. The molecule has 0 aliphatic heterocycles. The molecule has 0 saturated carbocycles. The molecule has 2 aromatic rings. The van der Waals surface area contributed by atoms with Gasteiger partial charge in [-0.3, -0.25) is 0 Å². The van der Waals surface area contributed by atoms with Crippen LogP contribution in [0.1, 0.15) is 16.7 Å². The third-order valence-electron chi connectivity index (χ3n) is 3.06. The van der Waals surface area contributed by atoms with Crippen molar-refractivity contribution in [2.24, 2.45) is 0 Å². The summed E-state index contributed by atoms with van der Waals surface area (Å²) >= 11 is 12.2. The van der Waals surface area contributed by atoms with E-state index in [-0.39, 0.29) is 0 Å². The number of aliphatic hydroxyl groups excluding tert-OH is 1. The first-order valence-electron chi connectivity index (χ1n) is 6.23. The lowest BCUT2D eigenvalue weighted by Crippen LogP contribution is -2.14. The molecule has 19 heavy (non-hydrogen) atoms. The first-order valence-corrected chi connectivity index (χ1v) is 6.98. The molecule has 3 heteroatoms. The van der Waals surface area contributed by atoms with Crippen LogP contribution in [0.4, 0.5) is 0 Å². The Bertz CT molecular complexity index is 546. The Morgan fingerprint density at radius 3 is 2.26 bits per heavy atom. The number of halogens is 2. The zero-order chi connectivity index (χ0) is 13.8. The van der Waals surface area contributed by atoms with Crippen LogP contribution in [0.3, 0.4) is 0 Å². The molecule has 0 radical (unpaired) electrons. The third-order valence-corrected chi connectivity index (χ3v) is 3.76. The van der Waals surface area contributed by atoms with E-state index in [1.807, 2.05) is 25.1 Å². The largest absolute Gasteiger partial charge is 0.392 e. The van der Waals surface area contributed by atoms with E-state index >= 15 is 0 Å². The fourth-order valence-electron chi connectivity index (χ4n) is 2.15. The van der Waals surface area contributed by atoms with Gasteiger partial charge in [0.15, 0.2) is 0 Å². The van der Waals surface area contributed by atoms with Crippen molar-refractivity contribution >= 4 is 23.2 Å². The van der Waals surface area contributed by atoms with E-state index in [4.69, 9.17) is 23.2 Å². The van der Waals surface area contributed by atoms with Crippen LogP contribution in [0.15, 0.2) is 42.5 Å². The first-order chi connectivity index (χ1) is 9.06. The van der Waals surface area contributed by atoms with Crippen molar-refractivity contribution in [2.75, 3.05) is 0 Å². The summed E-state index contributed by atoms with van der Waals surface area (Å²) in [4.78, 5) is 0. The van der Waals surface area contributed by atoms with Crippen molar-refractivity contribution in [1.82, 2.24) is 0 Å². The Labute approximate surface area is 123 Å². The molecule has 0 fully saturated rings. The van der Waals surface area contributed by atoms with Crippen molar-refractivity contribution in [3.8, 4) is 0 Å². The van der Waals surface area contributed by atoms with E-state index < -0.39 is 6.10 Å². The fraction of sp³-hybridized carbons (Fsp3) is 0.250. The van der Waals surface area contributed by atoms with Crippen LogP contribution in [0.2, 0.25) is 10.0 Å². The molecule has 1 atom stereocenters. The van der Waals surface area contributed by atoms with E-state index in [1.165, 1.54) is 5.56 Å². The smallest absolute Gasteiger partial charge is 0.0621 e. The normalized spacial score (nSPS) is 12.4. The molecule has 100 valence electrons. The monoisotopic (exact) mass is 294 g/mol. The molecule has 0 bridgehead atoms. The van der Waals surface area contributed by atoms with E-state index in [1.54, 1.807) is 18.2 Å². The van der Waals surface area contributed by atoms with Crippen LogP contribution >= 0.6 is 23.2 Å². The summed E-state index contributed by atoms with van der Waals surface area (Å²) in [7, 11) is 0. The highest BCUT2D eigenvalue weighted by atomic mass is 35.5. The molecule has 0 spiro atoms. The Hall–Kier alpha value is -1.02. The SMILES string of the molecule is Cc1cccc(CC(O)Cc2c(Cl)cccc2Cl)c1. The van der Waals surface area contributed by atoms with E-state index in [9.17, 15) is 5.11 Å². The van der Waals surface area contributed by atoms with Gasteiger partial charge in [0, 0.05) is 16.5 Å². The molecule has 1 N–H and O–H groups in total. The van der Waals surface area contributed by atoms with Gasteiger partial charge in [0.1, 0.15) is 0 Å². The van der Waals surface area contributed by atoms with Gasteiger partial charge in [-0.05, 0) is 36.6 Å². The predicted octanol–water partition coefficient (Wildman–Crippen LogP) is 4.45. The molecule has 0 amide bonds. The molecule has 0 aromatic heterocycles. The predicted molar refractivity (Wildman–Crippen MR) is 81.1 cm³/mol. The molecule has 0 heterocycles. The Morgan fingerprint density at radius 1 is 1.00 bits per heavy atom. The summed E-state index contributed by atoms with van der Waals surface area (Å²) in [5.74, 6) is 0. The second-order valence-corrected chi connectivity index (χ2v) is 5.57. The average Bonchev–Trinajstić information content (AvgIpc) is 2.34. The second kappa shape index (κ2) is 6.42. The molecule has 0 aliphatic rings. The van der Waals surface area contributed by atoms with Gasteiger partial charge in [-0.15, -0.1) is 0 Å². The zero-order valence-electron chi connectivity index (χ0n) is 10.7. The maximum Gasteiger partial charge on any atom is 0.0621 e. The molecule has 1 unspecified atom stereocenters. The Kier molecular flexibility index (Phi) is 4.87. The first kappa shape index (κ1) is 14.4. The van der Waals surface area contributed by atoms with E-state index in [0.717, 1.165) is 11.1 Å². The van der Waals surface area contributed by atoms with Crippen molar-refractivity contribution in [3.63, 3.8) is 0 Å². The van der Waals surface area contributed by atoms with Crippen LogP contribution in [-0.4, -0.2) is 11.2 Å². The molecular weight excluding hydrogens is 279 g/mol. The van der Waals surface area contributed by atoms with Gasteiger partial charge in [-0.1, -0.05) is 59.1 Å². The number of aliphatic hydroxyl groups is 1. The Morgan fingerprint density at radius 2 is 1.63 bits per heavy atom.